The Morgan fingerprint density at radius 1 is 1.00 bits per heavy atom. The molecule has 0 aliphatic carbocycles. The van der Waals surface area contributed by atoms with Crippen LogP contribution in [0.1, 0.15) is 23.1 Å². The molecule has 0 bridgehead atoms. The fraction of sp³-hybridized carbons (Fsp3) is 0.333. The van der Waals surface area contributed by atoms with Gasteiger partial charge in [0.2, 0.25) is 0 Å². The molecule has 0 aromatic heterocycles. The van der Waals surface area contributed by atoms with Crippen LogP contribution in [0, 0.1) is 12.7 Å². The maximum Gasteiger partial charge on any atom is 0.398 e. The summed E-state index contributed by atoms with van der Waals surface area (Å²) in [7, 11) is 1.60. The van der Waals surface area contributed by atoms with Crippen LogP contribution >= 0.6 is 0 Å². The highest BCUT2D eigenvalue weighted by atomic mass is 19.3. The summed E-state index contributed by atoms with van der Waals surface area (Å²) >= 11 is 0. The number of benzene rings is 2. The summed E-state index contributed by atoms with van der Waals surface area (Å²) in [6.07, 6.45) is -3.67. The van der Waals surface area contributed by atoms with Crippen molar-refractivity contribution in [1.82, 2.24) is 0 Å². The molecule has 0 heterocycles. The SMILES string of the molecule is COCc1ccc(CCC(F)(F)Oc2ccc(C)c(F)c2)cc1. The highest BCUT2D eigenvalue weighted by molar-refractivity contribution is 5.28. The van der Waals surface area contributed by atoms with Crippen molar-refractivity contribution in [2.24, 2.45) is 0 Å². The zero-order valence-corrected chi connectivity index (χ0v) is 13.1. The Bertz CT molecular complexity index is 639. The van der Waals surface area contributed by atoms with Crippen LogP contribution < -0.4 is 4.74 Å². The first kappa shape index (κ1) is 17.3. The number of ether oxygens (including phenoxy) is 2. The zero-order valence-electron chi connectivity index (χ0n) is 13.1. The molecular weight excluding hydrogens is 305 g/mol. The van der Waals surface area contributed by atoms with Crippen LogP contribution in [-0.4, -0.2) is 13.2 Å². The first-order valence-electron chi connectivity index (χ1n) is 7.29. The van der Waals surface area contributed by atoms with E-state index in [9.17, 15) is 13.2 Å². The lowest BCUT2D eigenvalue weighted by Crippen LogP contribution is -2.25. The van der Waals surface area contributed by atoms with Gasteiger partial charge in [-0.25, -0.2) is 4.39 Å². The molecule has 0 aliphatic rings. The minimum absolute atomic E-state index is 0.161. The molecular formula is C18H19F3O2. The van der Waals surface area contributed by atoms with Crippen molar-refractivity contribution >= 4 is 0 Å². The van der Waals surface area contributed by atoms with Crippen molar-refractivity contribution in [3.05, 3.63) is 65.0 Å². The summed E-state index contributed by atoms with van der Waals surface area (Å²) in [5.41, 5.74) is 2.15. The molecule has 5 heteroatoms. The van der Waals surface area contributed by atoms with Gasteiger partial charge in [-0.15, -0.1) is 0 Å². The second-order valence-corrected chi connectivity index (χ2v) is 5.40. The number of alkyl halides is 2. The molecule has 124 valence electrons. The van der Waals surface area contributed by atoms with Gasteiger partial charge >= 0.3 is 6.11 Å². The lowest BCUT2D eigenvalue weighted by atomic mass is 10.1. The van der Waals surface area contributed by atoms with Crippen LogP contribution in [0.4, 0.5) is 13.2 Å². The number of hydrogen-bond donors (Lipinski definition) is 0. The third-order valence-corrected chi connectivity index (χ3v) is 3.45. The number of halogens is 3. The molecule has 0 fully saturated rings. The van der Waals surface area contributed by atoms with Gasteiger partial charge in [0.15, 0.2) is 0 Å². The van der Waals surface area contributed by atoms with Crippen LogP contribution in [-0.2, 0) is 17.8 Å². The van der Waals surface area contributed by atoms with Crippen LogP contribution in [0.3, 0.4) is 0 Å². The normalized spacial score (nSPS) is 11.5. The quantitative estimate of drug-likeness (QED) is 0.722. The van der Waals surface area contributed by atoms with Gasteiger partial charge in [0.1, 0.15) is 11.6 Å². The molecule has 0 atom stereocenters. The van der Waals surface area contributed by atoms with E-state index in [0.29, 0.717) is 12.2 Å². The fourth-order valence-electron chi connectivity index (χ4n) is 2.12. The first-order valence-corrected chi connectivity index (χ1v) is 7.29. The molecule has 0 saturated heterocycles. The molecule has 0 unspecified atom stereocenters. The van der Waals surface area contributed by atoms with E-state index in [1.54, 1.807) is 26.2 Å². The summed E-state index contributed by atoms with van der Waals surface area (Å²) in [6, 6.07) is 11.0. The Morgan fingerprint density at radius 3 is 2.26 bits per heavy atom. The van der Waals surface area contributed by atoms with E-state index < -0.39 is 18.3 Å². The molecule has 2 rings (SSSR count). The third-order valence-electron chi connectivity index (χ3n) is 3.45. The van der Waals surface area contributed by atoms with E-state index in [1.165, 1.54) is 12.1 Å². The Balaban J connectivity index is 1.93. The Kier molecular flexibility index (Phi) is 5.66. The molecule has 23 heavy (non-hydrogen) atoms. The Labute approximate surface area is 133 Å². The number of methoxy groups -OCH3 is 1. The lowest BCUT2D eigenvalue weighted by molar-refractivity contribution is -0.180. The van der Waals surface area contributed by atoms with Gasteiger partial charge in [-0.05, 0) is 36.1 Å². The molecule has 0 radical (unpaired) electrons. The van der Waals surface area contributed by atoms with E-state index in [2.05, 4.69) is 4.74 Å². The molecule has 0 spiro atoms. The first-order chi connectivity index (χ1) is 10.9. The van der Waals surface area contributed by atoms with E-state index in [1.807, 2.05) is 12.1 Å². The smallest absolute Gasteiger partial charge is 0.398 e. The average molecular weight is 324 g/mol. The number of aryl methyl sites for hydroxylation is 2. The summed E-state index contributed by atoms with van der Waals surface area (Å²) < 4.78 is 50.7. The highest BCUT2D eigenvalue weighted by Gasteiger charge is 2.31. The van der Waals surface area contributed by atoms with Gasteiger partial charge in [0.05, 0.1) is 13.0 Å². The van der Waals surface area contributed by atoms with Crippen molar-refractivity contribution in [3.63, 3.8) is 0 Å². The van der Waals surface area contributed by atoms with Gasteiger partial charge in [-0.2, -0.15) is 8.78 Å². The second kappa shape index (κ2) is 7.51. The van der Waals surface area contributed by atoms with Crippen LogP contribution in [0.25, 0.3) is 0 Å². The largest absolute Gasteiger partial charge is 0.432 e. The van der Waals surface area contributed by atoms with Gasteiger partial charge in [0.25, 0.3) is 0 Å². The fourth-order valence-corrected chi connectivity index (χ4v) is 2.12. The predicted molar refractivity (Wildman–Crippen MR) is 82.2 cm³/mol. The van der Waals surface area contributed by atoms with Crippen LogP contribution in [0.5, 0.6) is 5.75 Å². The van der Waals surface area contributed by atoms with E-state index >= 15 is 0 Å². The minimum Gasteiger partial charge on any atom is -0.432 e. The second-order valence-electron chi connectivity index (χ2n) is 5.40. The van der Waals surface area contributed by atoms with Crippen molar-refractivity contribution < 1.29 is 22.6 Å². The van der Waals surface area contributed by atoms with E-state index in [0.717, 1.165) is 17.2 Å². The molecule has 2 nitrogen and oxygen atoms in total. The molecule has 0 N–H and O–H groups in total. The molecule has 2 aromatic rings. The van der Waals surface area contributed by atoms with E-state index in [-0.39, 0.29) is 12.2 Å². The third kappa shape index (κ3) is 5.28. The number of hydrogen-bond acceptors (Lipinski definition) is 2. The lowest BCUT2D eigenvalue weighted by Gasteiger charge is -2.18. The summed E-state index contributed by atoms with van der Waals surface area (Å²) in [5.74, 6) is -0.736. The maximum absolute atomic E-state index is 13.9. The van der Waals surface area contributed by atoms with Crippen LogP contribution in [0.15, 0.2) is 42.5 Å². The standard InChI is InChI=1S/C18H19F3O2/c1-13-3-8-16(11-17(13)19)23-18(20,21)10-9-14-4-6-15(7-5-14)12-22-2/h3-8,11H,9-10,12H2,1-2H3. The van der Waals surface area contributed by atoms with Gasteiger partial charge in [0, 0.05) is 13.2 Å². The summed E-state index contributed by atoms with van der Waals surface area (Å²) in [5, 5.41) is 0. The van der Waals surface area contributed by atoms with Crippen molar-refractivity contribution in [3.8, 4) is 5.75 Å². The topological polar surface area (TPSA) is 18.5 Å². The van der Waals surface area contributed by atoms with Crippen molar-refractivity contribution in [2.45, 2.75) is 32.5 Å². The molecule has 0 aliphatic heterocycles. The summed E-state index contributed by atoms with van der Waals surface area (Å²) in [6.45, 7) is 2.04. The summed E-state index contributed by atoms with van der Waals surface area (Å²) in [4.78, 5) is 0. The average Bonchev–Trinajstić information content (AvgIpc) is 2.50. The van der Waals surface area contributed by atoms with Crippen molar-refractivity contribution in [1.29, 1.82) is 0 Å². The van der Waals surface area contributed by atoms with E-state index in [4.69, 9.17) is 4.74 Å². The monoisotopic (exact) mass is 324 g/mol. The van der Waals surface area contributed by atoms with Gasteiger partial charge in [-0.1, -0.05) is 30.3 Å². The number of rotatable bonds is 7. The Morgan fingerprint density at radius 2 is 1.65 bits per heavy atom. The highest BCUT2D eigenvalue weighted by Crippen LogP contribution is 2.27. The van der Waals surface area contributed by atoms with Gasteiger partial charge < -0.3 is 9.47 Å². The Hall–Kier alpha value is -2.01. The minimum atomic E-state index is -3.35. The van der Waals surface area contributed by atoms with Crippen molar-refractivity contribution in [2.75, 3.05) is 7.11 Å². The molecule has 2 aromatic carbocycles. The zero-order chi connectivity index (χ0) is 16.9. The maximum atomic E-state index is 13.9. The predicted octanol–water partition coefficient (Wildman–Crippen LogP) is 4.88. The molecule has 0 amide bonds. The van der Waals surface area contributed by atoms with Crippen LogP contribution in [0.2, 0.25) is 0 Å². The van der Waals surface area contributed by atoms with Gasteiger partial charge in [-0.3, -0.25) is 0 Å². The molecule has 0 saturated carbocycles.